The second-order valence-corrected chi connectivity index (χ2v) is 7.54. The van der Waals surface area contributed by atoms with Gasteiger partial charge in [-0.3, -0.25) is 0 Å². The SMILES string of the molecule is COc1cc(C(=O)Oc2ccccc2C=C2N=C(c3ccc(C)cc3)OC2=O)cc(OC)c1OC. The molecule has 0 saturated heterocycles. The van der Waals surface area contributed by atoms with Crippen LogP contribution in [0.3, 0.4) is 0 Å². The van der Waals surface area contributed by atoms with Crippen LogP contribution in [0.15, 0.2) is 71.4 Å². The van der Waals surface area contributed by atoms with E-state index in [1.807, 2.05) is 31.2 Å². The third-order valence-corrected chi connectivity index (χ3v) is 5.23. The first-order valence-electron chi connectivity index (χ1n) is 10.6. The Bertz CT molecular complexity index is 1310. The number of carbonyl (C=O) groups is 2. The number of rotatable bonds is 7. The third-order valence-electron chi connectivity index (χ3n) is 5.23. The van der Waals surface area contributed by atoms with Crippen molar-refractivity contribution in [3.63, 3.8) is 0 Å². The van der Waals surface area contributed by atoms with Crippen LogP contribution < -0.4 is 18.9 Å². The van der Waals surface area contributed by atoms with Crippen LogP contribution in [0.5, 0.6) is 23.0 Å². The molecule has 0 atom stereocenters. The van der Waals surface area contributed by atoms with Crippen molar-refractivity contribution < 1.29 is 33.3 Å². The fourth-order valence-electron chi connectivity index (χ4n) is 3.43. The Hall–Kier alpha value is -4.59. The predicted molar refractivity (Wildman–Crippen MR) is 129 cm³/mol. The largest absolute Gasteiger partial charge is 0.493 e. The van der Waals surface area contributed by atoms with Crippen molar-refractivity contribution in [3.05, 3.63) is 88.6 Å². The van der Waals surface area contributed by atoms with E-state index < -0.39 is 11.9 Å². The lowest BCUT2D eigenvalue weighted by molar-refractivity contribution is -0.129. The highest BCUT2D eigenvalue weighted by Gasteiger charge is 2.25. The molecule has 0 aliphatic carbocycles. The van der Waals surface area contributed by atoms with Gasteiger partial charge < -0.3 is 23.7 Å². The average molecular weight is 473 g/mol. The van der Waals surface area contributed by atoms with Gasteiger partial charge in [0.1, 0.15) is 5.75 Å². The normalized spacial score (nSPS) is 13.8. The lowest BCUT2D eigenvalue weighted by Gasteiger charge is -2.14. The van der Waals surface area contributed by atoms with Crippen LogP contribution in [0.4, 0.5) is 0 Å². The molecule has 35 heavy (non-hydrogen) atoms. The number of benzene rings is 3. The molecule has 178 valence electrons. The molecule has 0 unspecified atom stereocenters. The predicted octanol–water partition coefficient (Wildman–Crippen LogP) is 4.58. The van der Waals surface area contributed by atoms with Crippen molar-refractivity contribution in [2.24, 2.45) is 4.99 Å². The number of methoxy groups -OCH3 is 3. The third kappa shape index (κ3) is 5.01. The van der Waals surface area contributed by atoms with Gasteiger partial charge in [0.15, 0.2) is 17.2 Å². The number of aryl methyl sites for hydroxylation is 1. The first kappa shape index (κ1) is 23.6. The zero-order valence-electron chi connectivity index (χ0n) is 19.7. The van der Waals surface area contributed by atoms with Crippen LogP contribution in [-0.4, -0.2) is 39.2 Å². The maximum absolute atomic E-state index is 13.0. The lowest BCUT2D eigenvalue weighted by atomic mass is 10.1. The summed E-state index contributed by atoms with van der Waals surface area (Å²) in [5.41, 5.74) is 2.54. The number of para-hydroxylation sites is 1. The molecular formula is C27H23NO7. The fraction of sp³-hybridized carbons (Fsp3) is 0.148. The number of esters is 2. The number of cyclic esters (lactones) is 1. The van der Waals surface area contributed by atoms with Crippen molar-refractivity contribution >= 4 is 23.9 Å². The van der Waals surface area contributed by atoms with E-state index in [2.05, 4.69) is 4.99 Å². The van der Waals surface area contributed by atoms with E-state index in [9.17, 15) is 9.59 Å². The van der Waals surface area contributed by atoms with Crippen molar-refractivity contribution in [3.8, 4) is 23.0 Å². The van der Waals surface area contributed by atoms with Gasteiger partial charge >= 0.3 is 11.9 Å². The molecule has 8 heteroatoms. The van der Waals surface area contributed by atoms with Gasteiger partial charge in [-0.1, -0.05) is 35.9 Å². The van der Waals surface area contributed by atoms with Gasteiger partial charge in [0.25, 0.3) is 0 Å². The smallest absolute Gasteiger partial charge is 0.363 e. The van der Waals surface area contributed by atoms with E-state index in [0.29, 0.717) is 28.4 Å². The molecule has 4 rings (SSSR count). The van der Waals surface area contributed by atoms with Crippen LogP contribution in [0.25, 0.3) is 6.08 Å². The van der Waals surface area contributed by atoms with Gasteiger partial charge in [-0.15, -0.1) is 0 Å². The van der Waals surface area contributed by atoms with Gasteiger partial charge in [-0.05, 0) is 43.3 Å². The topological polar surface area (TPSA) is 92.7 Å². The molecule has 0 amide bonds. The van der Waals surface area contributed by atoms with Gasteiger partial charge in [-0.2, -0.15) is 0 Å². The maximum atomic E-state index is 13.0. The molecule has 0 fully saturated rings. The van der Waals surface area contributed by atoms with Crippen molar-refractivity contribution in [2.75, 3.05) is 21.3 Å². The summed E-state index contributed by atoms with van der Waals surface area (Å²) in [6, 6.07) is 17.3. The highest BCUT2D eigenvalue weighted by Crippen LogP contribution is 2.38. The zero-order chi connectivity index (χ0) is 24.9. The van der Waals surface area contributed by atoms with E-state index in [4.69, 9.17) is 23.7 Å². The number of carbonyl (C=O) groups excluding carboxylic acids is 2. The Morgan fingerprint density at radius 3 is 2.17 bits per heavy atom. The molecule has 0 bridgehead atoms. The van der Waals surface area contributed by atoms with Crippen LogP contribution in [-0.2, 0) is 9.53 Å². The highest BCUT2D eigenvalue weighted by atomic mass is 16.6. The molecule has 0 saturated carbocycles. The Balaban J connectivity index is 1.63. The minimum absolute atomic E-state index is 0.0943. The molecule has 3 aromatic carbocycles. The van der Waals surface area contributed by atoms with Crippen LogP contribution in [0.2, 0.25) is 0 Å². The monoisotopic (exact) mass is 473 g/mol. The van der Waals surface area contributed by atoms with Gasteiger partial charge in [0.05, 0.1) is 26.9 Å². The molecule has 1 heterocycles. The summed E-state index contributed by atoms with van der Waals surface area (Å²) in [6.07, 6.45) is 1.52. The fourth-order valence-corrected chi connectivity index (χ4v) is 3.43. The Kier molecular flexibility index (Phi) is 6.82. The lowest BCUT2D eigenvalue weighted by Crippen LogP contribution is -2.10. The summed E-state index contributed by atoms with van der Waals surface area (Å²) in [6.45, 7) is 1.97. The summed E-state index contributed by atoms with van der Waals surface area (Å²) in [5.74, 6) is 0.221. The maximum Gasteiger partial charge on any atom is 0.363 e. The van der Waals surface area contributed by atoms with Crippen LogP contribution in [0, 0.1) is 6.92 Å². The molecule has 3 aromatic rings. The number of nitrogens with zero attached hydrogens (tertiary/aromatic N) is 1. The molecule has 8 nitrogen and oxygen atoms in total. The summed E-state index contributed by atoms with van der Waals surface area (Å²) < 4.78 is 26.9. The summed E-state index contributed by atoms with van der Waals surface area (Å²) >= 11 is 0. The number of hydrogen-bond acceptors (Lipinski definition) is 8. The highest BCUT2D eigenvalue weighted by molar-refractivity contribution is 6.13. The van der Waals surface area contributed by atoms with Gasteiger partial charge in [0, 0.05) is 11.1 Å². The minimum atomic E-state index is -0.645. The standard InChI is InChI=1S/C27H23NO7/c1-16-9-11-17(12-10-16)25-28-20(27(30)35-25)13-18-7-5-6-8-21(18)34-26(29)19-14-22(31-2)24(33-4)23(15-19)32-3/h5-15H,1-4H3. The van der Waals surface area contributed by atoms with E-state index in [1.54, 1.807) is 24.3 Å². The second kappa shape index (κ2) is 10.1. The van der Waals surface area contributed by atoms with Gasteiger partial charge in [0.2, 0.25) is 11.6 Å². The molecule has 0 N–H and O–H groups in total. The number of hydrogen-bond donors (Lipinski definition) is 0. The molecule has 0 aromatic heterocycles. The van der Waals surface area contributed by atoms with Crippen molar-refractivity contribution in [1.29, 1.82) is 0 Å². The molecule has 1 aliphatic heterocycles. The zero-order valence-corrected chi connectivity index (χ0v) is 19.7. The van der Waals surface area contributed by atoms with Crippen molar-refractivity contribution in [2.45, 2.75) is 6.92 Å². The first-order chi connectivity index (χ1) is 16.9. The minimum Gasteiger partial charge on any atom is -0.493 e. The molecule has 1 aliphatic rings. The van der Waals surface area contributed by atoms with Crippen molar-refractivity contribution in [1.82, 2.24) is 0 Å². The Labute approximate surface area is 202 Å². The molecule has 0 radical (unpaired) electrons. The summed E-state index contributed by atoms with van der Waals surface area (Å²) in [4.78, 5) is 29.7. The van der Waals surface area contributed by atoms with E-state index >= 15 is 0 Å². The second-order valence-electron chi connectivity index (χ2n) is 7.54. The number of ether oxygens (including phenoxy) is 5. The number of aliphatic imine (C=N–C) groups is 1. The van der Waals surface area contributed by atoms with Gasteiger partial charge in [-0.25, -0.2) is 14.6 Å². The van der Waals surface area contributed by atoms with E-state index in [-0.39, 0.29) is 22.9 Å². The summed E-state index contributed by atoms with van der Waals surface area (Å²) in [5, 5.41) is 0. The van der Waals surface area contributed by atoms with E-state index in [1.165, 1.54) is 39.5 Å². The molecule has 0 spiro atoms. The Morgan fingerprint density at radius 2 is 1.54 bits per heavy atom. The summed E-state index contributed by atoms with van der Waals surface area (Å²) in [7, 11) is 4.39. The molecular weight excluding hydrogens is 450 g/mol. The van der Waals surface area contributed by atoms with Crippen LogP contribution in [0.1, 0.15) is 27.0 Å². The first-order valence-corrected chi connectivity index (χ1v) is 10.6. The Morgan fingerprint density at radius 1 is 0.886 bits per heavy atom. The average Bonchev–Trinajstić information content (AvgIpc) is 3.24. The van der Waals surface area contributed by atoms with Crippen LogP contribution >= 0.6 is 0 Å². The quantitative estimate of drug-likeness (QED) is 0.282. The van der Waals surface area contributed by atoms with E-state index in [0.717, 1.165) is 5.56 Å².